The van der Waals surface area contributed by atoms with Gasteiger partial charge in [-0.05, 0) is 40.0 Å². The normalized spacial score (nSPS) is 16.1. The Bertz CT molecular complexity index is 578. The fourth-order valence-corrected chi connectivity index (χ4v) is 3.87. The monoisotopic (exact) mass is 285 g/mol. The van der Waals surface area contributed by atoms with Crippen molar-refractivity contribution in [3.63, 3.8) is 0 Å². The maximum atomic E-state index is 2.57. The van der Waals surface area contributed by atoms with E-state index in [1.807, 2.05) is 11.3 Å². The van der Waals surface area contributed by atoms with E-state index in [1.165, 1.54) is 29.0 Å². The van der Waals surface area contributed by atoms with Crippen molar-refractivity contribution >= 4 is 11.3 Å². The van der Waals surface area contributed by atoms with Gasteiger partial charge in [-0.25, -0.2) is 0 Å². The number of rotatable bonds is 2. The molecule has 2 aromatic rings. The molecule has 20 heavy (non-hydrogen) atoms. The van der Waals surface area contributed by atoms with Gasteiger partial charge < -0.3 is 0 Å². The van der Waals surface area contributed by atoms with E-state index in [4.69, 9.17) is 0 Å². The average molecular weight is 285 g/mol. The molecule has 0 radical (unpaired) electrons. The smallest absolute Gasteiger partial charge is 0.0331 e. The van der Waals surface area contributed by atoms with E-state index in [-0.39, 0.29) is 5.41 Å². The average Bonchev–Trinajstić information content (AvgIpc) is 2.89. The summed E-state index contributed by atoms with van der Waals surface area (Å²) < 4.78 is 0. The molecule has 0 aliphatic carbocycles. The molecule has 0 amide bonds. The Morgan fingerprint density at radius 2 is 2.00 bits per heavy atom. The molecule has 1 aromatic heterocycles. The van der Waals surface area contributed by atoms with Gasteiger partial charge in [-0.1, -0.05) is 45.0 Å². The first-order valence-electron chi connectivity index (χ1n) is 7.40. The molecule has 0 atom stereocenters. The molecule has 1 aromatic carbocycles. The second kappa shape index (κ2) is 5.34. The molecule has 2 heterocycles. The van der Waals surface area contributed by atoms with Crippen molar-refractivity contribution < 1.29 is 0 Å². The van der Waals surface area contributed by atoms with Gasteiger partial charge in [0.2, 0.25) is 0 Å². The van der Waals surface area contributed by atoms with Crippen LogP contribution in [0.5, 0.6) is 0 Å². The highest BCUT2D eigenvalue weighted by Gasteiger charge is 2.24. The zero-order valence-electron chi connectivity index (χ0n) is 12.6. The van der Waals surface area contributed by atoms with Crippen molar-refractivity contribution in [2.75, 3.05) is 6.54 Å². The van der Waals surface area contributed by atoms with Gasteiger partial charge in [0.05, 0.1) is 0 Å². The largest absolute Gasteiger partial charge is 0.294 e. The lowest BCUT2D eigenvalue weighted by Crippen LogP contribution is -2.31. The van der Waals surface area contributed by atoms with Gasteiger partial charge in [0.25, 0.3) is 0 Å². The van der Waals surface area contributed by atoms with Crippen LogP contribution in [0, 0.1) is 0 Å². The first-order valence-corrected chi connectivity index (χ1v) is 8.28. The molecule has 2 heteroatoms. The third-order valence-electron chi connectivity index (χ3n) is 4.11. The van der Waals surface area contributed by atoms with Gasteiger partial charge in [-0.15, -0.1) is 11.3 Å². The van der Waals surface area contributed by atoms with E-state index in [9.17, 15) is 0 Å². The predicted molar refractivity (Wildman–Crippen MR) is 87.3 cm³/mol. The Morgan fingerprint density at radius 3 is 2.70 bits per heavy atom. The van der Waals surface area contributed by atoms with Crippen LogP contribution in [0.2, 0.25) is 0 Å². The third kappa shape index (κ3) is 2.82. The number of hydrogen-bond acceptors (Lipinski definition) is 2. The van der Waals surface area contributed by atoms with Crippen molar-refractivity contribution in [2.45, 2.75) is 45.7 Å². The lowest BCUT2D eigenvalue weighted by Gasteiger charge is -2.33. The van der Waals surface area contributed by atoms with Crippen molar-refractivity contribution in [1.82, 2.24) is 4.90 Å². The van der Waals surface area contributed by atoms with Gasteiger partial charge in [-0.2, -0.15) is 0 Å². The SMILES string of the molecule is CC(C)(C)c1cccc2c1CCN(Cc1cccs1)C2. The molecule has 0 unspecified atom stereocenters. The van der Waals surface area contributed by atoms with Crippen LogP contribution in [0.25, 0.3) is 0 Å². The number of hydrogen-bond donors (Lipinski definition) is 0. The van der Waals surface area contributed by atoms with Crippen molar-refractivity contribution in [1.29, 1.82) is 0 Å². The second-order valence-corrected chi connectivity index (χ2v) is 7.77. The fourth-order valence-electron chi connectivity index (χ4n) is 3.13. The summed E-state index contributed by atoms with van der Waals surface area (Å²) >= 11 is 1.86. The molecule has 0 saturated heterocycles. The maximum absolute atomic E-state index is 2.57. The first-order chi connectivity index (χ1) is 9.54. The molecule has 0 spiro atoms. The molecule has 0 N–H and O–H groups in total. The Balaban J connectivity index is 1.82. The third-order valence-corrected chi connectivity index (χ3v) is 4.97. The second-order valence-electron chi connectivity index (χ2n) is 6.73. The Hall–Kier alpha value is -1.12. The quantitative estimate of drug-likeness (QED) is 0.779. The molecular weight excluding hydrogens is 262 g/mol. The number of fused-ring (bicyclic) bond motifs is 1. The van der Waals surface area contributed by atoms with Crippen LogP contribution in [0.4, 0.5) is 0 Å². The van der Waals surface area contributed by atoms with Crippen LogP contribution in [0.3, 0.4) is 0 Å². The summed E-state index contributed by atoms with van der Waals surface area (Å²) in [7, 11) is 0. The van der Waals surface area contributed by atoms with Crippen molar-refractivity contribution in [2.24, 2.45) is 0 Å². The van der Waals surface area contributed by atoms with Crippen LogP contribution in [0.15, 0.2) is 35.7 Å². The Kier molecular flexibility index (Phi) is 3.70. The molecule has 1 nitrogen and oxygen atoms in total. The maximum Gasteiger partial charge on any atom is 0.0331 e. The number of thiophene rings is 1. The first kappa shape index (κ1) is 13.8. The van der Waals surface area contributed by atoms with Crippen LogP contribution in [-0.2, 0) is 24.9 Å². The van der Waals surface area contributed by atoms with E-state index in [0.717, 1.165) is 13.1 Å². The summed E-state index contributed by atoms with van der Waals surface area (Å²) in [5.41, 5.74) is 4.91. The summed E-state index contributed by atoms with van der Waals surface area (Å²) in [6, 6.07) is 11.2. The van der Waals surface area contributed by atoms with Crippen LogP contribution in [0.1, 0.15) is 42.3 Å². The highest BCUT2D eigenvalue weighted by Crippen LogP contribution is 2.31. The zero-order chi connectivity index (χ0) is 14.2. The van der Waals surface area contributed by atoms with E-state index in [2.05, 4.69) is 61.4 Å². The topological polar surface area (TPSA) is 3.24 Å². The molecule has 1 aliphatic rings. The number of benzene rings is 1. The number of nitrogens with zero attached hydrogens (tertiary/aromatic N) is 1. The predicted octanol–water partition coefficient (Wildman–Crippen LogP) is 4.60. The summed E-state index contributed by atoms with van der Waals surface area (Å²) in [5, 5.41) is 2.17. The van der Waals surface area contributed by atoms with Crippen LogP contribution >= 0.6 is 11.3 Å². The van der Waals surface area contributed by atoms with Gasteiger partial charge in [0, 0.05) is 24.5 Å². The molecule has 0 bridgehead atoms. The lowest BCUT2D eigenvalue weighted by atomic mass is 9.80. The molecule has 0 saturated carbocycles. The van der Waals surface area contributed by atoms with Crippen LogP contribution < -0.4 is 0 Å². The van der Waals surface area contributed by atoms with Crippen molar-refractivity contribution in [3.8, 4) is 0 Å². The molecule has 0 fully saturated rings. The van der Waals surface area contributed by atoms with Crippen molar-refractivity contribution in [3.05, 3.63) is 57.3 Å². The minimum atomic E-state index is 0.251. The Morgan fingerprint density at radius 1 is 1.15 bits per heavy atom. The minimum Gasteiger partial charge on any atom is -0.294 e. The summed E-state index contributed by atoms with van der Waals surface area (Å²) in [6.07, 6.45) is 1.19. The minimum absolute atomic E-state index is 0.251. The summed E-state index contributed by atoms with van der Waals surface area (Å²) in [5.74, 6) is 0. The van der Waals surface area contributed by atoms with Gasteiger partial charge in [-0.3, -0.25) is 4.90 Å². The Labute approximate surface area is 126 Å². The highest BCUT2D eigenvalue weighted by atomic mass is 32.1. The van der Waals surface area contributed by atoms with Gasteiger partial charge in [0.1, 0.15) is 0 Å². The fraction of sp³-hybridized carbons (Fsp3) is 0.444. The van der Waals surface area contributed by atoms with E-state index in [0.29, 0.717) is 0 Å². The summed E-state index contributed by atoms with van der Waals surface area (Å²) in [4.78, 5) is 4.04. The lowest BCUT2D eigenvalue weighted by molar-refractivity contribution is 0.246. The summed E-state index contributed by atoms with van der Waals surface area (Å²) in [6.45, 7) is 10.3. The van der Waals surface area contributed by atoms with Gasteiger partial charge in [0.15, 0.2) is 0 Å². The van der Waals surface area contributed by atoms with E-state index >= 15 is 0 Å². The van der Waals surface area contributed by atoms with E-state index in [1.54, 1.807) is 5.56 Å². The highest BCUT2D eigenvalue weighted by molar-refractivity contribution is 7.09. The van der Waals surface area contributed by atoms with E-state index < -0.39 is 0 Å². The zero-order valence-corrected chi connectivity index (χ0v) is 13.5. The molecular formula is C18H23NS. The molecule has 3 rings (SSSR count). The molecule has 106 valence electrons. The standard InChI is InChI=1S/C18H23NS/c1-18(2,3)17-8-4-6-14-12-19(10-9-16(14)17)13-15-7-5-11-20-15/h4-8,11H,9-10,12-13H2,1-3H3. The van der Waals surface area contributed by atoms with Crippen LogP contribution in [-0.4, -0.2) is 11.4 Å². The van der Waals surface area contributed by atoms with Gasteiger partial charge >= 0.3 is 0 Å². The molecule has 1 aliphatic heterocycles.